The van der Waals surface area contributed by atoms with E-state index in [1.807, 2.05) is 79.4 Å². The number of carbonyl (C=O) groups is 2. The van der Waals surface area contributed by atoms with E-state index >= 15 is 0 Å². The lowest BCUT2D eigenvalue weighted by atomic mass is 10.0. The van der Waals surface area contributed by atoms with Gasteiger partial charge in [0.05, 0.1) is 17.8 Å². The van der Waals surface area contributed by atoms with Crippen LogP contribution in [0.25, 0.3) is 5.57 Å². The molecule has 1 fully saturated rings. The van der Waals surface area contributed by atoms with Crippen molar-refractivity contribution in [3.63, 3.8) is 0 Å². The highest BCUT2D eigenvalue weighted by Gasteiger charge is 2.42. The molecule has 2 unspecified atom stereocenters. The Kier molecular flexibility index (Phi) is 5.49. The number of hydrogen-bond acceptors (Lipinski definition) is 4. The van der Waals surface area contributed by atoms with Crippen LogP contribution in [-0.2, 0) is 20.7 Å². The summed E-state index contributed by atoms with van der Waals surface area (Å²) in [5, 5.41) is 0. The molecule has 5 nitrogen and oxygen atoms in total. The molecule has 1 saturated heterocycles. The van der Waals surface area contributed by atoms with Crippen LogP contribution in [0.3, 0.4) is 0 Å². The molecule has 2 amide bonds. The minimum Gasteiger partial charge on any atom is -0.372 e. The van der Waals surface area contributed by atoms with Gasteiger partial charge < -0.3 is 9.64 Å². The Morgan fingerprint density at radius 1 is 0.862 bits per heavy atom. The van der Waals surface area contributed by atoms with Crippen LogP contribution in [0.2, 0.25) is 0 Å². The number of morpholine rings is 1. The smallest absolute Gasteiger partial charge is 0.277 e. The first-order valence-corrected chi connectivity index (χ1v) is 10.1. The Morgan fingerprint density at radius 2 is 1.45 bits per heavy atom. The van der Waals surface area contributed by atoms with Crippen LogP contribution in [0.1, 0.15) is 25.0 Å². The van der Waals surface area contributed by atoms with Crippen LogP contribution in [0.4, 0.5) is 0 Å². The molecule has 2 atom stereocenters. The van der Waals surface area contributed by atoms with Crippen LogP contribution in [-0.4, -0.2) is 53.5 Å². The fraction of sp³-hybridized carbons (Fsp3) is 0.333. The Labute approximate surface area is 171 Å². The van der Waals surface area contributed by atoms with E-state index in [9.17, 15) is 9.59 Å². The molecule has 2 aliphatic heterocycles. The van der Waals surface area contributed by atoms with Gasteiger partial charge in [-0.15, -0.1) is 0 Å². The van der Waals surface area contributed by atoms with Crippen LogP contribution >= 0.6 is 0 Å². The number of hydrogen-bond donors (Lipinski definition) is 0. The lowest BCUT2D eigenvalue weighted by molar-refractivity contribution is -0.138. The minimum absolute atomic E-state index is 0.00421. The molecular formula is C24H26N2O3. The fourth-order valence-electron chi connectivity index (χ4n) is 4.17. The molecule has 5 heteroatoms. The summed E-state index contributed by atoms with van der Waals surface area (Å²) in [5.41, 5.74) is 2.91. The highest BCUT2D eigenvalue weighted by atomic mass is 16.5. The van der Waals surface area contributed by atoms with Crippen molar-refractivity contribution < 1.29 is 14.3 Å². The minimum atomic E-state index is -0.209. The molecule has 0 radical (unpaired) electrons. The van der Waals surface area contributed by atoms with E-state index < -0.39 is 0 Å². The molecule has 2 aromatic rings. The second kappa shape index (κ2) is 8.21. The Morgan fingerprint density at radius 3 is 2.07 bits per heavy atom. The van der Waals surface area contributed by atoms with E-state index in [4.69, 9.17) is 4.74 Å². The number of ether oxygens (including phenoxy) is 1. The molecule has 0 aliphatic carbocycles. The highest BCUT2D eigenvalue weighted by molar-refractivity contribution is 6.35. The summed E-state index contributed by atoms with van der Waals surface area (Å²) in [6.07, 6.45) is 0.651. The molecule has 0 spiro atoms. The first-order chi connectivity index (χ1) is 14.0. The van der Waals surface area contributed by atoms with Gasteiger partial charge >= 0.3 is 0 Å². The number of carbonyl (C=O) groups excluding carboxylic acids is 2. The average molecular weight is 390 g/mol. The molecule has 29 heavy (non-hydrogen) atoms. The van der Waals surface area contributed by atoms with Gasteiger partial charge in [0.2, 0.25) is 0 Å². The average Bonchev–Trinajstić information content (AvgIpc) is 2.97. The van der Waals surface area contributed by atoms with Gasteiger partial charge in [-0.05, 0) is 31.4 Å². The van der Waals surface area contributed by atoms with E-state index in [1.54, 1.807) is 0 Å². The third-order valence-electron chi connectivity index (χ3n) is 5.41. The maximum absolute atomic E-state index is 13.4. The maximum Gasteiger partial charge on any atom is 0.277 e. The van der Waals surface area contributed by atoms with Crippen LogP contribution in [0, 0.1) is 0 Å². The topological polar surface area (TPSA) is 49.9 Å². The number of rotatable bonds is 5. The molecule has 0 bridgehead atoms. The quantitative estimate of drug-likeness (QED) is 0.736. The second-order valence-electron chi connectivity index (χ2n) is 7.75. The van der Waals surface area contributed by atoms with Crippen LogP contribution in [0.15, 0.2) is 66.4 Å². The van der Waals surface area contributed by atoms with E-state index in [2.05, 4.69) is 0 Å². The molecule has 0 aromatic heterocycles. The van der Waals surface area contributed by atoms with Gasteiger partial charge in [-0.2, -0.15) is 0 Å². The predicted molar refractivity (Wildman–Crippen MR) is 112 cm³/mol. The van der Waals surface area contributed by atoms with Crippen LogP contribution in [0.5, 0.6) is 0 Å². The monoisotopic (exact) mass is 390 g/mol. The second-order valence-corrected chi connectivity index (χ2v) is 7.75. The highest BCUT2D eigenvalue weighted by Crippen LogP contribution is 2.33. The van der Waals surface area contributed by atoms with Gasteiger partial charge in [-0.1, -0.05) is 60.7 Å². The molecule has 150 valence electrons. The molecule has 2 aromatic carbocycles. The third-order valence-corrected chi connectivity index (χ3v) is 5.41. The number of imide groups is 1. The summed E-state index contributed by atoms with van der Waals surface area (Å²) in [4.78, 5) is 30.2. The van der Waals surface area contributed by atoms with Crippen molar-refractivity contribution >= 4 is 17.4 Å². The summed E-state index contributed by atoms with van der Waals surface area (Å²) < 4.78 is 5.84. The lowest BCUT2D eigenvalue weighted by Gasteiger charge is -2.37. The standard InChI is InChI=1S/C24H26N2O3/c1-17-15-25(16-18(2)29-17)22-21(20-11-7-4-8-12-20)23(27)26(24(22)28)14-13-19-9-5-3-6-10-19/h3-12,17-18H,13-16H2,1-2H3. The molecule has 2 aliphatic rings. The molecular weight excluding hydrogens is 364 g/mol. The first kappa shape index (κ1) is 19.4. The Bertz CT molecular complexity index is 914. The SMILES string of the molecule is CC1CN(C2=C(c3ccccc3)C(=O)N(CCc3ccccc3)C2=O)CC(C)O1. The van der Waals surface area contributed by atoms with E-state index in [0.717, 1.165) is 11.1 Å². The summed E-state index contributed by atoms with van der Waals surface area (Å²) in [6, 6.07) is 19.4. The van der Waals surface area contributed by atoms with Crippen molar-refractivity contribution in [2.24, 2.45) is 0 Å². The van der Waals surface area contributed by atoms with Crippen molar-refractivity contribution in [3.8, 4) is 0 Å². The lowest BCUT2D eigenvalue weighted by Crippen LogP contribution is -2.47. The Balaban J connectivity index is 1.66. The molecule has 0 saturated carbocycles. The zero-order valence-electron chi connectivity index (χ0n) is 16.9. The van der Waals surface area contributed by atoms with Crippen molar-refractivity contribution in [2.75, 3.05) is 19.6 Å². The Hall–Kier alpha value is -2.92. The number of benzene rings is 2. The van der Waals surface area contributed by atoms with Crippen molar-refractivity contribution in [1.29, 1.82) is 0 Å². The maximum atomic E-state index is 13.4. The normalized spacial score (nSPS) is 22.6. The molecule has 4 rings (SSSR count). The first-order valence-electron chi connectivity index (χ1n) is 10.1. The van der Waals surface area contributed by atoms with Gasteiger partial charge in [0.15, 0.2) is 0 Å². The van der Waals surface area contributed by atoms with E-state index in [-0.39, 0.29) is 24.0 Å². The summed E-state index contributed by atoms with van der Waals surface area (Å²) >= 11 is 0. The number of amides is 2. The van der Waals surface area contributed by atoms with Gasteiger partial charge in [-0.25, -0.2) is 0 Å². The summed E-state index contributed by atoms with van der Waals surface area (Å²) in [5.74, 6) is -0.412. The zero-order valence-corrected chi connectivity index (χ0v) is 16.9. The largest absolute Gasteiger partial charge is 0.372 e. The fourth-order valence-corrected chi connectivity index (χ4v) is 4.17. The van der Waals surface area contributed by atoms with E-state index in [0.29, 0.717) is 37.3 Å². The van der Waals surface area contributed by atoms with Gasteiger partial charge in [0.25, 0.3) is 11.8 Å². The van der Waals surface area contributed by atoms with Crippen LogP contribution < -0.4 is 0 Å². The van der Waals surface area contributed by atoms with Crippen molar-refractivity contribution in [3.05, 3.63) is 77.5 Å². The van der Waals surface area contributed by atoms with Gasteiger partial charge in [0.1, 0.15) is 5.70 Å². The van der Waals surface area contributed by atoms with E-state index in [1.165, 1.54) is 4.90 Å². The van der Waals surface area contributed by atoms with Crippen molar-refractivity contribution in [1.82, 2.24) is 9.80 Å². The molecule has 2 heterocycles. The van der Waals surface area contributed by atoms with Gasteiger partial charge in [-0.3, -0.25) is 14.5 Å². The summed E-state index contributed by atoms with van der Waals surface area (Å²) in [7, 11) is 0. The van der Waals surface area contributed by atoms with Crippen molar-refractivity contribution in [2.45, 2.75) is 32.5 Å². The van der Waals surface area contributed by atoms with Gasteiger partial charge in [0, 0.05) is 19.6 Å². The zero-order chi connectivity index (χ0) is 20.4. The number of nitrogens with zero attached hydrogens (tertiary/aromatic N) is 2. The summed E-state index contributed by atoms with van der Waals surface area (Å²) in [6.45, 7) is 5.57. The molecule has 0 N–H and O–H groups in total. The third kappa shape index (κ3) is 3.96. The predicted octanol–water partition coefficient (Wildman–Crippen LogP) is 3.12.